The molecular weight excluding hydrogens is 311 g/mol. The summed E-state index contributed by atoms with van der Waals surface area (Å²) >= 11 is 0. The predicted molar refractivity (Wildman–Crippen MR) is 86.4 cm³/mol. The molecule has 1 saturated carbocycles. The summed E-state index contributed by atoms with van der Waals surface area (Å²) in [7, 11) is 0. The summed E-state index contributed by atoms with van der Waals surface area (Å²) in [5, 5.41) is 11.0. The SMILES string of the molecule is O=C(C1CC1c1ccc(F)cc1)N1CCc2ccc([N+](=O)[O-])cc21. The Morgan fingerprint density at radius 2 is 1.96 bits per heavy atom. The molecule has 5 nitrogen and oxygen atoms in total. The van der Waals surface area contributed by atoms with E-state index in [1.807, 2.05) is 0 Å². The number of halogens is 1. The van der Waals surface area contributed by atoms with Crippen LogP contribution < -0.4 is 4.90 Å². The van der Waals surface area contributed by atoms with Gasteiger partial charge in [0.2, 0.25) is 5.91 Å². The van der Waals surface area contributed by atoms with Gasteiger partial charge in [0.15, 0.2) is 0 Å². The van der Waals surface area contributed by atoms with E-state index < -0.39 is 4.92 Å². The van der Waals surface area contributed by atoms with Crippen molar-refractivity contribution in [2.24, 2.45) is 5.92 Å². The van der Waals surface area contributed by atoms with Gasteiger partial charge in [0.25, 0.3) is 5.69 Å². The number of nitro benzene ring substituents is 1. The Labute approximate surface area is 137 Å². The summed E-state index contributed by atoms with van der Waals surface area (Å²) in [6.45, 7) is 0.558. The molecule has 4 rings (SSSR count). The molecule has 0 N–H and O–H groups in total. The monoisotopic (exact) mass is 326 g/mol. The van der Waals surface area contributed by atoms with E-state index in [9.17, 15) is 19.3 Å². The third-order valence-corrected chi connectivity index (χ3v) is 4.85. The topological polar surface area (TPSA) is 63.5 Å². The molecule has 0 radical (unpaired) electrons. The third-order valence-electron chi connectivity index (χ3n) is 4.85. The van der Waals surface area contributed by atoms with Gasteiger partial charge < -0.3 is 4.90 Å². The van der Waals surface area contributed by atoms with Crippen molar-refractivity contribution < 1.29 is 14.1 Å². The maximum atomic E-state index is 13.0. The Bertz CT molecular complexity index is 835. The number of hydrogen-bond acceptors (Lipinski definition) is 3. The normalized spacial score (nSPS) is 21.5. The molecule has 0 saturated heterocycles. The number of rotatable bonds is 3. The van der Waals surface area contributed by atoms with Crippen LogP contribution in [0.2, 0.25) is 0 Å². The first kappa shape index (κ1) is 14.8. The average Bonchev–Trinajstić information content (AvgIpc) is 3.26. The molecule has 1 aliphatic heterocycles. The molecule has 1 heterocycles. The highest BCUT2D eigenvalue weighted by Gasteiger charge is 2.47. The van der Waals surface area contributed by atoms with Crippen LogP contribution in [-0.2, 0) is 11.2 Å². The minimum atomic E-state index is -0.445. The van der Waals surface area contributed by atoms with E-state index in [-0.39, 0.29) is 29.2 Å². The number of nitrogens with zero attached hydrogens (tertiary/aromatic N) is 2. The van der Waals surface area contributed by atoms with E-state index >= 15 is 0 Å². The van der Waals surface area contributed by atoms with Crippen molar-refractivity contribution in [2.45, 2.75) is 18.8 Å². The van der Waals surface area contributed by atoms with Crippen molar-refractivity contribution in [1.82, 2.24) is 0 Å². The molecule has 6 heteroatoms. The standard InChI is InChI=1S/C18H15FN2O3/c19-13-4-1-11(2-5-13)15-10-16(15)18(22)20-8-7-12-3-6-14(21(23)24)9-17(12)20/h1-6,9,15-16H,7-8,10H2. The van der Waals surface area contributed by atoms with Crippen LogP contribution in [0.4, 0.5) is 15.8 Å². The lowest BCUT2D eigenvalue weighted by Crippen LogP contribution is -2.30. The Morgan fingerprint density at radius 3 is 2.67 bits per heavy atom. The number of hydrogen-bond donors (Lipinski definition) is 0. The van der Waals surface area contributed by atoms with Gasteiger partial charge in [-0.1, -0.05) is 18.2 Å². The largest absolute Gasteiger partial charge is 0.311 e. The Kier molecular flexibility index (Phi) is 3.33. The van der Waals surface area contributed by atoms with Gasteiger partial charge in [-0.15, -0.1) is 0 Å². The lowest BCUT2D eigenvalue weighted by molar-refractivity contribution is -0.384. The van der Waals surface area contributed by atoms with Crippen LogP contribution in [-0.4, -0.2) is 17.4 Å². The minimum Gasteiger partial charge on any atom is -0.311 e. The lowest BCUT2D eigenvalue weighted by Gasteiger charge is -2.17. The molecule has 24 heavy (non-hydrogen) atoms. The molecule has 2 unspecified atom stereocenters. The van der Waals surface area contributed by atoms with Gasteiger partial charge in [0.05, 0.1) is 10.6 Å². The van der Waals surface area contributed by atoms with Gasteiger partial charge in [0, 0.05) is 24.6 Å². The summed E-state index contributed by atoms with van der Waals surface area (Å²) < 4.78 is 13.0. The van der Waals surface area contributed by atoms with E-state index in [0.29, 0.717) is 18.7 Å². The maximum Gasteiger partial charge on any atom is 0.271 e. The van der Waals surface area contributed by atoms with E-state index in [1.54, 1.807) is 23.1 Å². The first-order valence-electron chi connectivity index (χ1n) is 7.89. The summed E-state index contributed by atoms with van der Waals surface area (Å²) in [6.07, 6.45) is 1.46. The molecular formula is C18H15FN2O3. The predicted octanol–water partition coefficient (Wildman–Crippen LogP) is 3.43. The molecule has 2 atom stereocenters. The van der Waals surface area contributed by atoms with Crippen molar-refractivity contribution in [2.75, 3.05) is 11.4 Å². The van der Waals surface area contributed by atoms with Gasteiger partial charge >= 0.3 is 0 Å². The molecule has 0 spiro atoms. The molecule has 1 amide bonds. The summed E-state index contributed by atoms with van der Waals surface area (Å²) in [4.78, 5) is 25.0. The highest BCUT2D eigenvalue weighted by Crippen LogP contribution is 2.49. The smallest absolute Gasteiger partial charge is 0.271 e. The number of amides is 1. The van der Waals surface area contributed by atoms with Gasteiger partial charge in [0.1, 0.15) is 5.82 Å². The van der Waals surface area contributed by atoms with E-state index in [1.165, 1.54) is 24.3 Å². The van der Waals surface area contributed by atoms with E-state index in [2.05, 4.69) is 0 Å². The van der Waals surface area contributed by atoms with Crippen molar-refractivity contribution in [3.8, 4) is 0 Å². The van der Waals surface area contributed by atoms with Gasteiger partial charge in [-0.2, -0.15) is 0 Å². The molecule has 0 aromatic heterocycles. The van der Waals surface area contributed by atoms with Gasteiger partial charge in [-0.3, -0.25) is 14.9 Å². The fraction of sp³-hybridized carbons (Fsp3) is 0.278. The molecule has 0 bridgehead atoms. The van der Waals surface area contributed by atoms with E-state index in [0.717, 1.165) is 17.5 Å². The Morgan fingerprint density at radius 1 is 1.21 bits per heavy atom. The highest BCUT2D eigenvalue weighted by atomic mass is 19.1. The fourth-order valence-electron chi connectivity index (χ4n) is 3.46. The lowest BCUT2D eigenvalue weighted by atomic mass is 10.1. The van der Waals surface area contributed by atoms with Crippen LogP contribution in [0.5, 0.6) is 0 Å². The zero-order chi connectivity index (χ0) is 16.8. The van der Waals surface area contributed by atoms with Crippen molar-refractivity contribution >= 4 is 17.3 Å². The molecule has 2 aromatic rings. The Hall–Kier alpha value is -2.76. The molecule has 122 valence electrons. The van der Waals surface area contributed by atoms with Gasteiger partial charge in [-0.25, -0.2) is 4.39 Å². The van der Waals surface area contributed by atoms with Crippen LogP contribution >= 0.6 is 0 Å². The molecule has 1 aliphatic carbocycles. The third kappa shape index (κ3) is 2.44. The quantitative estimate of drug-likeness (QED) is 0.641. The van der Waals surface area contributed by atoms with Crippen LogP contribution in [0.25, 0.3) is 0 Å². The number of anilines is 1. The van der Waals surface area contributed by atoms with E-state index in [4.69, 9.17) is 0 Å². The number of benzene rings is 2. The number of nitro groups is 1. The molecule has 2 aliphatic rings. The van der Waals surface area contributed by atoms with Crippen LogP contribution in [0.15, 0.2) is 42.5 Å². The number of carbonyl (C=O) groups is 1. The van der Waals surface area contributed by atoms with Crippen LogP contribution in [0, 0.1) is 21.8 Å². The van der Waals surface area contributed by atoms with Crippen molar-refractivity contribution in [1.29, 1.82) is 0 Å². The van der Waals surface area contributed by atoms with Crippen LogP contribution in [0.3, 0.4) is 0 Å². The fourth-order valence-corrected chi connectivity index (χ4v) is 3.46. The molecule has 2 aromatic carbocycles. The average molecular weight is 326 g/mol. The summed E-state index contributed by atoms with van der Waals surface area (Å²) in [5.74, 6) is -0.298. The number of fused-ring (bicyclic) bond motifs is 1. The molecule has 1 fully saturated rings. The number of non-ortho nitro benzene ring substituents is 1. The maximum absolute atomic E-state index is 13.0. The van der Waals surface area contributed by atoms with Gasteiger partial charge in [-0.05, 0) is 42.0 Å². The second kappa shape index (κ2) is 5.40. The number of carbonyl (C=O) groups excluding carboxylic acids is 1. The second-order valence-electron chi connectivity index (χ2n) is 6.31. The zero-order valence-corrected chi connectivity index (χ0v) is 12.8. The minimum absolute atomic E-state index is 0.000619. The zero-order valence-electron chi connectivity index (χ0n) is 12.8. The highest BCUT2D eigenvalue weighted by molar-refractivity contribution is 5.99. The van der Waals surface area contributed by atoms with Crippen molar-refractivity contribution in [3.05, 3.63) is 69.5 Å². The van der Waals surface area contributed by atoms with Crippen molar-refractivity contribution in [3.63, 3.8) is 0 Å². The second-order valence-corrected chi connectivity index (χ2v) is 6.31. The van der Waals surface area contributed by atoms with Crippen LogP contribution in [0.1, 0.15) is 23.5 Å². The summed E-state index contributed by atoms with van der Waals surface area (Å²) in [6, 6.07) is 10.9. The summed E-state index contributed by atoms with van der Waals surface area (Å²) in [5.41, 5.74) is 2.58. The first-order valence-corrected chi connectivity index (χ1v) is 7.89. The first-order chi connectivity index (χ1) is 11.5. The Balaban J connectivity index is 1.54.